The van der Waals surface area contributed by atoms with Gasteiger partial charge in [-0.3, -0.25) is 4.79 Å². The molecule has 4 heteroatoms. The molecule has 21 heavy (non-hydrogen) atoms. The van der Waals surface area contributed by atoms with E-state index in [9.17, 15) is 4.79 Å². The molecule has 0 heterocycles. The molecule has 1 aromatic rings. The monoisotopic (exact) mass is 289 g/mol. The van der Waals surface area contributed by atoms with Crippen molar-refractivity contribution in [2.24, 2.45) is 5.73 Å². The molecule has 0 spiro atoms. The van der Waals surface area contributed by atoms with Crippen LogP contribution in [0.3, 0.4) is 0 Å². The molecule has 1 fully saturated rings. The lowest BCUT2D eigenvalue weighted by Gasteiger charge is -2.36. The molecular weight excluding hydrogens is 262 g/mol. The van der Waals surface area contributed by atoms with Crippen molar-refractivity contribution in [1.29, 1.82) is 0 Å². The smallest absolute Gasteiger partial charge is 0.237 e. The molecular formula is C17H27N3O. The molecule has 0 saturated heterocycles. The second kappa shape index (κ2) is 7.05. The summed E-state index contributed by atoms with van der Waals surface area (Å²) >= 11 is 0. The Morgan fingerprint density at radius 3 is 2.48 bits per heavy atom. The number of benzene rings is 1. The first-order chi connectivity index (χ1) is 10.0. The molecule has 116 valence electrons. The minimum atomic E-state index is -0.479. The number of carbonyl (C=O) groups is 1. The number of hydrogen-bond donors (Lipinski definition) is 2. The standard InChI is InChI=1S/C17H27N3O/c1-20(2)17(10-6-7-11-17)13-19-16(21)15(18)12-14-8-4-3-5-9-14/h3-5,8-9,15H,6-7,10-13,18H2,1-2H3,(H,19,21)/t15-/m1/s1. The Morgan fingerprint density at radius 1 is 1.29 bits per heavy atom. The van der Waals surface area contributed by atoms with Crippen molar-refractivity contribution >= 4 is 5.91 Å². The Morgan fingerprint density at radius 2 is 1.90 bits per heavy atom. The van der Waals surface area contributed by atoms with Gasteiger partial charge in [-0.15, -0.1) is 0 Å². The van der Waals surface area contributed by atoms with Crippen LogP contribution in [-0.2, 0) is 11.2 Å². The molecule has 1 aliphatic carbocycles. The molecule has 0 unspecified atom stereocenters. The van der Waals surface area contributed by atoms with Crippen LogP contribution in [0.5, 0.6) is 0 Å². The normalized spacial score (nSPS) is 18.7. The number of hydrogen-bond acceptors (Lipinski definition) is 3. The van der Waals surface area contributed by atoms with Crippen molar-refractivity contribution in [3.63, 3.8) is 0 Å². The van der Waals surface area contributed by atoms with Crippen LogP contribution in [0, 0.1) is 0 Å². The lowest BCUT2D eigenvalue weighted by Crippen LogP contribution is -2.53. The second-order valence-corrected chi connectivity index (χ2v) is 6.34. The summed E-state index contributed by atoms with van der Waals surface area (Å²) in [5.41, 5.74) is 7.24. The largest absolute Gasteiger partial charge is 0.353 e. The van der Waals surface area contributed by atoms with E-state index in [-0.39, 0.29) is 11.4 Å². The van der Waals surface area contributed by atoms with Crippen molar-refractivity contribution in [3.8, 4) is 0 Å². The number of likely N-dealkylation sites (N-methyl/N-ethyl adjacent to an activating group) is 1. The highest BCUT2D eigenvalue weighted by molar-refractivity contribution is 5.81. The number of nitrogens with zero attached hydrogens (tertiary/aromatic N) is 1. The van der Waals surface area contributed by atoms with Crippen LogP contribution in [0.15, 0.2) is 30.3 Å². The molecule has 1 aliphatic rings. The van der Waals surface area contributed by atoms with E-state index in [0.717, 1.165) is 18.4 Å². The Kier molecular flexibility index (Phi) is 5.37. The zero-order valence-electron chi connectivity index (χ0n) is 13.1. The van der Waals surface area contributed by atoms with Gasteiger partial charge in [0, 0.05) is 12.1 Å². The van der Waals surface area contributed by atoms with Crippen molar-refractivity contribution < 1.29 is 4.79 Å². The molecule has 0 aliphatic heterocycles. The lowest BCUT2D eigenvalue weighted by atomic mass is 9.95. The zero-order valence-corrected chi connectivity index (χ0v) is 13.1. The van der Waals surface area contributed by atoms with E-state index in [1.807, 2.05) is 30.3 Å². The molecule has 1 atom stereocenters. The molecule has 0 aromatic heterocycles. The SMILES string of the molecule is CN(C)C1(CNC(=O)[C@H](N)Cc2ccccc2)CCCC1. The summed E-state index contributed by atoms with van der Waals surface area (Å²) in [6, 6.07) is 9.44. The minimum absolute atomic E-state index is 0.0491. The Bertz CT molecular complexity index is 452. The fourth-order valence-electron chi connectivity index (χ4n) is 3.16. The van der Waals surface area contributed by atoms with E-state index in [1.165, 1.54) is 12.8 Å². The topological polar surface area (TPSA) is 58.4 Å². The second-order valence-electron chi connectivity index (χ2n) is 6.34. The molecule has 2 rings (SSSR count). The Hall–Kier alpha value is -1.39. The number of amides is 1. The van der Waals surface area contributed by atoms with Gasteiger partial charge in [-0.05, 0) is 38.9 Å². The summed E-state index contributed by atoms with van der Waals surface area (Å²) in [7, 11) is 4.20. The summed E-state index contributed by atoms with van der Waals surface area (Å²) in [5, 5.41) is 3.06. The van der Waals surface area contributed by atoms with Gasteiger partial charge in [0.1, 0.15) is 0 Å². The molecule has 0 radical (unpaired) electrons. The van der Waals surface area contributed by atoms with E-state index in [4.69, 9.17) is 5.73 Å². The van der Waals surface area contributed by atoms with Gasteiger partial charge >= 0.3 is 0 Å². The molecule has 4 nitrogen and oxygen atoms in total. The first kappa shape index (κ1) is 16.0. The van der Waals surface area contributed by atoms with Crippen LogP contribution in [-0.4, -0.2) is 43.0 Å². The Balaban J connectivity index is 1.86. The first-order valence-electron chi connectivity index (χ1n) is 7.78. The van der Waals surface area contributed by atoms with Gasteiger partial charge in [-0.1, -0.05) is 43.2 Å². The highest BCUT2D eigenvalue weighted by Crippen LogP contribution is 2.33. The summed E-state index contributed by atoms with van der Waals surface area (Å²) in [6.07, 6.45) is 5.36. The maximum atomic E-state index is 12.2. The van der Waals surface area contributed by atoms with E-state index in [1.54, 1.807) is 0 Å². The van der Waals surface area contributed by atoms with E-state index < -0.39 is 6.04 Å². The average Bonchev–Trinajstić information content (AvgIpc) is 2.96. The molecule has 3 N–H and O–H groups in total. The van der Waals surface area contributed by atoms with Crippen molar-refractivity contribution in [2.45, 2.75) is 43.7 Å². The Labute approximate surface area is 127 Å². The van der Waals surface area contributed by atoms with Gasteiger partial charge in [0.05, 0.1) is 6.04 Å². The predicted molar refractivity (Wildman–Crippen MR) is 86.0 cm³/mol. The molecule has 0 bridgehead atoms. The van der Waals surface area contributed by atoms with Gasteiger partial charge in [-0.25, -0.2) is 0 Å². The van der Waals surface area contributed by atoms with Crippen molar-refractivity contribution in [1.82, 2.24) is 10.2 Å². The highest BCUT2D eigenvalue weighted by Gasteiger charge is 2.36. The fraction of sp³-hybridized carbons (Fsp3) is 0.588. The highest BCUT2D eigenvalue weighted by atomic mass is 16.2. The van der Waals surface area contributed by atoms with Gasteiger partial charge in [-0.2, -0.15) is 0 Å². The third kappa shape index (κ3) is 4.05. The van der Waals surface area contributed by atoms with Gasteiger partial charge in [0.2, 0.25) is 5.91 Å². The summed E-state index contributed by atoms with van der Waals surface area (Å²) in [6.45, 7) is 0.696. The average molecular weight is 289 g/mol. The van der Waals surface area contributed by atoms with E-state index >= 15 is 0 Å². The van der Waals surface area contributed by atoms with Gasteiger partial charge < -0.3 is 16.0 Å². The summed E-state index contributed by atoms with van der Waals surface area (Å²) < 4.78 is 0. The van der Waals surface area contributed by atoms with Crippen molar-refractivity contribution in [2.75, 3.05) is 20.6 Å². The van der Waals surface area contributed by atoms with Crippen LogP contribution >= 0.6 is 0 Å². The third-order valence-electron chi connectivity index (χ3n) is 4.71. The van der Waals surface area contributed by atoms with Crippen LogP contribution in [0.2, 0.25) is 0 Å². The lowest BCUT2D eigenvalue weighted by molar-refractivity contribution is -0.122. The zero-order chi connectivity index (χ0) is 15.3. The summed E-state index contributed by atoms with van der Waals surface area (Å²) in [5.74, 6) is -0.0491. The van der Waals surface area contributed by atoms with Crippen LogP contribution in [0.4, 0.5) is 0 Å². The fourth-order valence-corrected chi connectivity index (χ4v) is 3.16. The predicted octanol–water partition coefficient (Wildman–Crippen LogP) is 1.55. The molecule has 1 aromatic carbocycles. The van der Waals surface area contributed by atoms with Crippen molar-refractivity contribution in [3.05, 3.63) is 35.9 Å². The summed E-state index contributed by atoms with van der Waals surface area (Å²) in [4.78, 5) is 14.5. The van der Waals surface area contributed by atoms with Crippen LogP contribution in [0.25, 0.3) is 0 Å². The number of nitrogens with two attached hydrogens (primary N) is 1. The maximum Gasteiger partial charge on any atom is 0.237 e. The quantitative estimate of drug-likeness (QED) is 0.835. The number of carbonyl (C=O) groups excluding carboxylic acids is 1. The van der Waals surface area contributed by atoms with E-state index in [0.29, 0.717) is 13.0 Å². The first-order valence-corrected chi connectivity index (χ1v) is 7.78. The minimum Gasteiger partial charge on any atom is -0.353 e. The van der Waals surface area contributed by atoms with Crippen LogP contribution < -0.4 is 11.1 Å². The third-order valence-corrected chi connectivity index (χ3v) is 4.71. The van der Waals surface area contributed by atoms with Gasteiger partial charge in [0.25, 0.3) is 0 Å². The molecule has 1 amide bonds. The number of rotatable bonds is 6. The number of nitrogens with one attached hydrogen (secondary N) is 1. The van der Waals surface area contributed by atoms with Crippen LogP contribution in [0.1, 0.15) is 31.2 Å². The molecule has 1 saturated carbocycles. The maximum absolute atomic E-state index is 12.2. The van der Waals surface area contributed by atoms with Gasteiger partial charge in [0.15, 0.2) is 0 Å². The van der Waals surface area contributed by atoms with E-state index in [2.05, 4.69) is 24.3 Å².